The summed E-state index contributed by atoms with van der Waals surface area (Å²) in [4.78, 5) is 11.3. The number of alkyl halides is 6. The Morgan fingerprint density at radius 3 is 2.29 bits per heavy atom. The van der Waals surface area contributed by atoms with Gasteiger partial charge >= 0.3 is 18.5 Å². The van der Waals surface area contributed by atoms with Crippen molar-refractivity contribution in [1.29, 1.82) is 0 Å². The van der Waals surface area contributed by atoms with E-state index < -0.39 is 30.2 Å². The Hall–Kier alpha value is -2.19. The lowest BCUT2D eigenvalue weighted by molar-refractivity contribution is -0.304. The summed E-state index contributed by atoms with van der Waals surface area (Å²) in [6.07, 6.45) is -12.6. The van der Waals surface area contributed by atoms with Crippen LogP contribution in [0.3, 0.4) is 0 Å². The molecule has 0 radical (unpaired) electrons. The van der Waals surface area contributed by atoms with Crippen molar-refractivity contribution in [3.05, 3.63) is 35.4 Å². The molecule has 1 heterocycles. The Morgan fingerprint density at radius 2 is 1.71 bits per heavy atom. The van der Waals surface area contributed by atoms with Crippen molar-refractivity contribution in [3.63, 3.8) is 0 Å². The van der Waals surface area contributed by atoms with Crippen molar-refractivity contribution in [3.8, 4) is 5.75 Å². The Morgan fingerprint density at radius 1 is 1.10 bits per heavy atom. The second kappa shape index (κ2) is 4.97. The van der Waals surface area contributed by atoms with Gasteiger partial charge in [0.15, 0.2) is 0 Å². The number of esters is 1. The van der Waals surface area contributed by atoms with Gasteiger partial charge in [-0.25, -0.2) is 4.79 Å². The highest BCUT2D eigenvalue weighted by Gasteiger charge is 2.50. The van der Waals surface area contributed by atoms with Gasteiger partial charge < -0.3 is 9.47 Å². The molecule has 1 atom stereocenters. The van der Waals surface area contributed by atoms with Crippen molar-refractivity contribution in [2.75, 3.05) is 0 Å². The molecule has 0 aromatic heterocycles. The summed E-state index contributed by atoms with van der Waals surface area (Å²) < 4.78 is 82.0. The van der Waals surface area contributed by atoms with Crippen LogP contribution in [0, 0.1) is 0 Å². The molecule has 0 N–H and O–H groups in total. The molecule has 1 aromatic rings. The zero-order valence-electron chi connectivity index (χ0n) is 9.96. The molecule has 114 valence electrons. The fraction of sp³-hybridized carbons (Fsp3) is 0.250. The zero-order chi connectivity index (χ0) is 15.8. The summed E-state index contributed by atoms with van der Waals surface area (Å²) in [5, 5.41) is 0. The van der Waals surface area contributed by atoms with Crippen LogP contribution in [0.4, 0.5) is 26.3 Å². The average molecular weight is 312 g/mol. The zero-order valence-corrected chi connectivity index (χ0v) is 9.96. The Balaban J connectivity index is 2.42. The monoisotopic (exact) mass is 312 g/mol. The van der Waals surface area contributed by atoms with E-state index in [2.05, 4.69) is 9.47 Å². The molecule has 0 saturated carbocycles. The molecule has 0 bridgehead atoms. The molecule has 2 rings (SSSR count). The fourth-order valence-electron chi connectivity index (χ4n) is 1.71. The van der Waals surface area contributed by atoms with E-state index in [-0.39, 0.29) is 11.3 Å². The maximum Gasteiger partial charge on any atom is 0.575 e. The van der Waals surface area contributed by atoms with E-state index in [1.165, 1.54) is 24.3 Å². The third kappa shape index (κ3) is 3.47. The number of carbonyl (C=O) groups excluding carboxylic acids is 1. The van der Waals surface area contributed by atoms with Crippen molar-refractivity contribution in [1.82, 2.24) is 0 Å². The lowest BCUT2D eigenvalue weighted by Crippen LogP contribution is -2.41. The van der Waals surface area contributed by atoms with Crippen molar-refractivity contribution in [2.24, 2.45) is 0 Å². The van der Waals surface area contributed by atoms with Gasteiger partial charge in [0, 0.05) is 5.56 Å². The molecular formula is C12H6F6O3. The predicted octanol–water partition coefficient (Wildman–Crippen LogP) is 3.46. The van der Waals surface area contributed by atoms with Gasteiger partial charge in [0.2, 0.25) is 6.10 Å². The second-order valence-corrected chi connectivity index (χ2v) is 4.01. The van der Waals surface area contributed by atoms with E-state index in [0.717, 1.165) is 0 Å². The maximum atomic E-state index is 12.8. The van der Waals surface area contributed by atoms with Gasteiger partial charge in [-0.15, -0.1) is 13.2 Å². The average Bonchev–Trinajstić information content (AvgIpc) is 2.34. The highest BCUT2D eigenvalue weighted by atomic mass is 19.4. The first-order valence-corrected chi connectivity index (χ1v) is 5.42. The third-order valence-corrected chi connectivity index (χ3v) is 2.50. The summed E-state index contributed by atoms with van der Waals surface area (Å²) in [6, 6.07) is 5.32. The van der Waals surface area contributed by atoms with Crippen LogP contribution >= 0.6 is 0 Å². The van der Waals surface area contributed by atoms with E-state index in [4.69, 9.17) is 0 Å². The summed E-state index contributed by atoms with van der Waals surface area (Å²) >= 11 is 0. The molecule has 0 spiro atoms. The molecular weight excluding hydrogens is 306 g/mol. The van der Waals surface area contributed by atoms with Crippen molar-refractivity contribution < 1.29 is 40.6 Å². The Kier molecular flexibility index (Phi) is 3.60. The molecule has 21 heavy (non-hydrogen) atoms. The van der Waals surface area contributed by atoms with Crippen LogP contribution in [0.5, 0.6) is 5.75 Å². The molecule has 1 unspecified atom stereocenters. The third-order valence-electron chi connectivity index (χ3n) is 2.50. The number of benzene rings is 1. The molecule has 1 aliphatic rings. The van der Waals surface area contributed by atoms with Gasteiger partial charge in [0.05, 0.1) is 5.57 Å². The van der Waals surface area contributed by atoms with Gasteiger partial charge in [0.25, 0.3) is 0 Å². The first kappa shape index (κ1) is 15.2. The van der Waals surface area contributed by atoms with Gasteiger partial charge in [0.1, 0.15) is 5.75 Å². The highest BCUT2D eigenvalue weighted by Crippen LogP contribution is 2.38. The van der Waals surface area contributed by atoms with E-state index >= 15 is 0 Å². The first-order chi connectivity index (χ1) is 9.58. The van der Waals surface area contributed by atoms with Gasteiger partial charge in [-0.05, 0) is 12.1 Å². The number of para-hydroxylation sites is 1. The molecule has 1 aromatic carbocycles. The fourth-order valence-corrected chi connectivity index (χ4v) is 1.71. The number of hydrogen-bond acceptors (Lipinski definition) is 3. The van der Waals surface area contributed by atoms with E-state index in [1.807, 2.05) is 0 Å². The normalized spacial score (nSPS) is 18.4. The minimum Gasteiger partial charge on any atom is -0.475 e. The summed E-state index contributed by atoms with van der Waals surface area (Å²) in [6.45, 7) is 0. The molecule has 3 nitrogen and oxygen atoms in total. The van der Waals surface area contributed by atoms with Crippen molar-refractivity contribution >= 4 is 12.0 Å². The topological polar surface area (TPSA) is 35.5 Å². The number of carbonyl (C=O) groups is 1. The van der Waals surface area contributed by atoms with Crippen LogP contribution in [-0.4, -0.2) is 24.6 Å². The molecule has 1 aliphatic heterocycles. The number of rotatable bonds is 1. The Bertz CT molecular complexity index is 587. The number of ether oxygens (including phenoxy) is 2. The molecule has 0 amide bonds. The standard InChI is InChI=1S/C12H6F6O3/c13-11(14,15)9-7(10(19)21-12(16,17)18)5-6-3-1-2-4-8(6)20-9/h1-5,9H. The largest absolute Gasteiger partial charge is 0.575 e. The highest BCUT2D eigenvalue weighted by molar-refractivity contribution is 5.96. The summed E-state index contributed by atoms with van der Waals surface area (Å²) in [7, 11) is 0. The molecule has 0 saturated heterocycles. The van der Waals surface area contributed by atoms with E-state index in [9.17, 15) is 31.1 Å². The summed E-state index contributed by atoms with van der Waals surface area (Å²) in [5.74, 6) is -2.34. The minimum absolute atomic E-state index is 0.0483. The SMILES string of the molecule is O=C(OC(F)(F)F)C1=Cc2ccccc2OC1C(F)(F)F. The number of fused-ring (bicyclic) bond motifs is 1. The Labute approximate surface area is 113 Å². The van der Waals surface area contributed by atoms with Crippen LogP contribution in [0.2, 0.25) is 0 Å². The summed E-state index contributed by atoms with van der Waals surface area (Å²) in [5.41, 5.74) is -1.22. The van der Waals surface area contributed by atoms with Crippen LogP contribution in [0.25, 0.3) is 6.08 Å². The lowest BCUT2D eigenvalue weighted by Gasteiger charge is -2.27. The van der Waals surface area contributed by atoms with Gasteiger partial charge in [-0.3, -0.25) is 0 Å². The maximum absolute atomic E-state index is 12.8. The minimum atomic E-state index is -5.38. The van der Waals surface area contributed by atoms with Crippen LogP contribution in [0.15, 0.2) is 29.8 Å². The predicted molar refractivity (Wildman–Crippen MR) is 57.0 cm³/mol. The van der Waals surface area contributed by atoms with Gasteiger partial charge in [-0.1, -0.05) is 18.2 Å². The van der Waals surface area contributed by atoms with Crippen molar-refractivity contribution in [2.45, 2.75) is 18.6 Å². The number of hydrogen-bond donors (Lipinski definition) is 0. The quantitative estimate of drug-likeness (QED) is 0.588. The molecule has 9 heteroatoms. The van der Waals surface area contributed by atoms with Crippen LogP contribution in [-0.2, 0) is 9.53 Å². The molecule has 0 aliphatic carbocycles. The van der Waals surface area contributed by atoms with Crippen LogP contribution < -0.4 is 4.74 Å². The van der Waals surface area contributed by atoms with Gasteiger partial charge in [-0.2, -0.15) is 13.2 Å². The first-order valence-electron chi connectivity index (χ1n) is 5.42. The molecule has 0 fully saturated rings. The number of halogens is 6. The van der Waals surface area contributed by atoms with Crippen LogP contribution in [0.1, 0.15) is 5.56 Å². The lowest BCUT2D eigenvalue weighted by atomic mass is 10.0. The second-order valence-electron chi connectivity index (χ2n) is 4.01. The smallest absolute Gasteiger partial charge is 0.475 e. The van der Waals surface area contributed by atoms with E-state index in [1.54, 1.807) is 0 Å². The van der Waals surface area contributed by atoms with E-state index in [0.29, 0.717) is 6.08 Å².